The highest BCUT2D eigenvalue weighted by molar-refractivity contribution is 8.00. The summed E-state index contributed by atoms with van der Waals surface area (Å²) in [7, 11) is 0. The summed E-state index contributed by atoms with van der Waals surface area (Å²) in [5.74, 6) is -3.79. The molecule has 0 radical (unpaired) electrons. The van der Waals surface area contributed by atoms with Crippen LogP contribution in [-0.4, -0.2) is 22.6 Å². The molecule has 0 bridgehead atoms. The van der Waals surface area contributed by atoms with Gasteiger partial charge in [0.05, 0.1) is 17.0 Å². The summed E-state index contributed by atoms with van der Waals surface area (Å²) < 4.78 is 39.9. The highest BCUT2D eigenvalue weighted by atomic mass is 32.2. The van der Waals surface area contributed by atoms with Crippen molar-refractivity contribution in [2.24, 2.45) is 0 Å². The Bertz CT molecular complexity index is 822. The van der Waals surface area contributed by atoms with Crippen LogP contribution < -0.4 is 10.6 Å². The minimum Gasteiger partial charge on any atom is -0.348 e. The van der Waals surface area contributed by atoms with Gasteiger partial charge in [-0.2, -0.15) is 0 Å². The zero-order chi connectivity index (χ0) is 17.3. The molecule has 24 heavy (non-hydrogen) atoms. The van der Waals surface area contributed by atoms with Gasteiger partial charge in [0.15, 0.2) is 0 Å². The van der Waals surface area contributed by atoms with E-state index in [2.05, 4.69) is 15.6 Å². The molecule has 124 valence electrons. The quantitative estimate of drug-likeness (QED) is 0.889. The number of carbonyl (C=O) groups excluding carboxylic acids is 2. The fraction of sp³-hybridized carbons (Fsp3) is 0.133. The number of pyridine rings is 1. The third-order valence-electron chi connectivity index (χ3n) is 3.26. The summed E-state index contributed by atoms with van der Waals surface area (Å²) in [6, 6.07) is 2.51. The molecule has 2 amide bonds. The number of amides is 2. The second-order valence-corrected chi connectivity index (χ2v) is 5.91. The Morgan fingerprint density at radius 2 is 1.96 bits per heavy atom. The third kappa shape index (κ3) is 3.35. The topological polar surface area (TPSA) is 71.1 Å². The molecule has 0 unspecified atom stereocenters. The van der Waals surface area contributed by atoms with Gasteiger partial charge in [0.1, 0.15) is 22.5 Å². The third-order valence-corrected chi connectivity index (χ3v) is 4.26. The lowest BCUT2D eigenvalue weighted by atomic mass is 10.1. The molecule has 0 saturated carbocycles. The Morgan fingerprint density at radius 3 is 2.67 bits per heavy atom. The molecular formula is C15H10F3N3O2S. The van der Waals surface area contributed by atoms with E-state index in [0.29, 0.717) is 22.8 Å². The molecule has 0 aliphatic carbocycles. The maximum absolute atomic E-state index is 13.5. The molecule has 3 rings (SSSR count). The van der Waals surface area contributed by atoms with E-state index in [9.17, 15) is 22.8 Å². The molecule has 0 fully saturated rings. The minimum atomic E-state index is -1.08. The van der Waals surface area contributed by atoms with Gasteiger partial charge >= 0.3 is 0 Å². The highest BCUT2D eigenvalue weighted by Gasteiger charge is 2.19. The lowest BCUT2D eigenvalue weighted by molar-refractivity contribution is -0.113. The fourth-order valence-corrected chi connectivity index (χ4v) is 2.85. The monoisotopic (exact) mass is 353 g/mol. The van der Waals surface area contributed by atoms with Crippen molar-refractivity contribution in [3.63, 3.8) is 0 Å². The molecular weight excluding hydrogens is 343 g/mol. The number of benzene rings is 1. The minimum absolute atomic E-state index is 0.125. The summed E-state index contributed by atoms with van der Waals surface area (Å²) in [4.78, 5) is 27.5. The van der Waals surface area contributed by atoms with E-state index in [1.54, 1.807) is 0 Å². The molecule has 2 aromatic rings. The molecule has 2 heterocycles. The smallest absolute Gasteiger partial charge is 0.253 e. The first-order valence-electron chi connectivity index (χ1n) is 6.78. The molecule has 0 spiro atoms. The second kappa shape index (κ2) is 6.52. The van der Waals surface area contributed by atoms with Crippen molar-refractivity contribution in [2.45, 2.75) is 11.6 Å². The Morgan fingerprint density at radius 1 is 1.25 bits per heavy atom. The van der Waals surface area contributed by atoms with E-state index in [1.165, 1.54) is 24.0 Å². The average Bonchev–Trinajstić information content (AvgIpc) is 2.52. The van der Waals surface area contributed by atoms with Gasteiger partial charge in [0.25, 0.3) is 5.91 Å². The highest BCUT2D eigenvalue weighted by Crippen LogP contribution is 2.29. The summed E-state index contributed by atoms with van der Waals surface area (Å²) in [6.07, 6.45) is 1.30. The number of thioether (sulfide) groups is 1. The number of anilines is 1. The average molecular weight is 353 g/mol. The first kappa shape index (κ1) is 16.3. The normalized spacial score (nSPS) is 13.2. The molecule has 1 aromatic carbocycles. The van der Waals surface area contributed by atoms with Crippen LogP contribution in [0.5, 0.6) is 0 Å². The van der Waals surface area contributed by atoms with E-state index < -0.39 is 35.5 Å². The van der Waals surface area contributed by atoms with Crippen molar-refractivity contribution in [1.29, 1.82) is 0 Å². The zero-order valence-corrected chi connectivity index (χ0v) is 12.8. The van der Waals surface area contributed by atoms with E-state index >= 15 is 0 Å². The van der Waals surface area contributed by atoms with Crippen molar-refractivity contribution < 1.29 is 22.8 Å². The number of nitrogens with one attached hydrogen (secondary N) is 2. The Balaban J connectivity index is 1.74. The summed E-state index contributed by atoms with van der Waals surface area (Å²) >= 11 is 1.24. The van der Waals surface area contributed by atoms with Gasteiger partial charge < -0.3 is 10.6 Å². The van der Waals surface area contributed by atoms with Crippen molar-refractivity contribution in [3.8, 4) is 0 Å². The molecule has 1 aliphatic rings. The molecule has 1 aromatic heterocycles. The molecule has 9 heteroatoms. The summed E-state index contributed by atoms with van der Waals surface area (Å²) in [5, 5.41) is 5.51. The largest absolute Gasteiger partial charge is 0.348 e. The standard InChI is InChI=1S/C15H10F3N3O2S/c16-8-2-10(17)9(11(18)3-8)5-19-14(23)7-1-12-15(20-4-7)24-6-13(22)21-12/h1-4H,5-6H2,(H,19,23)(H,21,22). The van der Waals surface area contributed by atoms with Crippen LogP contribution >= 0.6 is 11.8 Å². The molecule has 5 nitrogen and oxygen atoms in total. The van der Waals surface area contributed by atoms with Crippen LogP contribution in [0.1, 0.15) is 15.9 Å². The predicted octanol–water partition coefficient (Wildman–Crippen LogP) is 2.47. The Kier molecular flexibility index (Phi) is 4.43. The number of hydrogen-bond acceptors (Lipinski definition) is 4. The number of aromatic nitrogens is 1. The molecule has 0 atom stereocenters. The lowest BCUT2D eigenvalue weighted by Crippen LogP contribution is -2.25. The SMILES string of the molecule is O=C1CSc2ncc(C(=O)NCc3c(F)cc(F)cc3F)cc2N1. The van der Waals surface area contributed by atoms with Gasteiger partial charge in [-0.3, -0.25) is 9.59 Å². The number of nitrogens with zero attached hydrogens (tertiary/aromatic N) is 1. The van der Waals surface area contributed by atoms with Gasteiger partial charge in [-0.05, 0) is 6.07 Å². The van der Waals surface area contributed by atoms with Crippen LogP contribution in [0.4, 0.5) is 18.9 Å². The number of halogens is 3. The maximum atomic E-state index is 13.5. The van der Waals surface area contributed by atoms with Crippen LogP contribution in [0.15, 0.2) is 29.4 Å². The van der Waals surface area contributed by atoms with Crippen molar-refractivity contribution in [1.82, 2.24) is 10.3 Å². The van der Waals surface area contributed by atoms with Crippen LogP contribution in [0.3, 0.4) is 0 Å². The van der Waals surface area contributed by atoms with Crippen LogP contribution in [0, 0.1) is 17.5 Å². The van der Waals surface area contributed by atoms with Gasteiger partial charge in [0, 0.05) is 30.4 Å². The number of hydrogen-bond donors (Lipinski definition) is 2. The summed E-state index contributed by atoms with van der Waals surface area (Å²) in [5.41, 5.74) is 0.0852. The van der Waals surface area contributed by atoms with Crippen LogP contribution in [-0.2, 0) is 11.3 Å². The predicted molar refractivity (Wildman–Crippen MR) is 81.1 cm³/mol. The second-order valence-electron chi connectivity index (χ2n) is 4.94. The van der Waals surface area contributed by atoms with Crippen LogP contribution in [0.25, 0.3) is 0 Å². The zero-order valence-electron chi connectivity index (χ0n) is 12.0. The Hall–Kier alpha value is -2.55. The van der Waals surface area contributed by atoms with E-state index in [-0.39, 0.29) is 17.2 Å². The van der Waals surface area contributed by atoms with Crippen molar-refractivity contribution in [2.75, 3.05) is 11.1 Å². The van der Waals surface area contributed by atoms with E-state index in [4.69, 9.17) is 0 Å². The van der Waals surface area contributed by atoms with Gasteiger partial charge in [0.2, 0.25) is 5.91 Å². The van der Waals surface area contributed by atoms with Crippen LogP contribution in [0.2, 0.25) is 0 Å². The first-order valence-corrected chi connectivity index (χ1v) is 7.77. The maximum Gasteiger partial charge on any atom is 0.253 e. The van der Waals surface area contributed by atoms with Crippen molar-refractivity contribution >= 4 is 29.3 Å². The lowest BCUT2D eigenvalue weighted by Gasteiger charge is -2.16. The van der Waals surface area contributed by atoms with Gasteiger partial charge in [-0.15, -0.1) is 0 Å². The van der Waals surface area contributed by atoms with Gasteiger partial charge in [-0.1, -0.05) is 11.8 Å². The number of fused-ring (bicyclic) bond motifs is 1. The van der Waals surface area contributed by atoms with Crippen molar-refractivity contribution in [3.05, 3.63) is 53.0 Å². The summed E-state index contributed by atoms with van der Waals surface area (Å²) in [6.45, 7) is -0.449. The fourth-order valence-electron chi connectivity index (χ4n) is 2.11. The van der Waals surface area contributed by atoms with E-state index in [0.717, 1.165) is 0 Å². The first-order chi connectivity index (χ1) is 11.4. The molecule has 2 N–H and O–H groups in total. The van der Waals surface area contributed by atoms with E-state index in [1.807, 2.05) is 0 Å². The van der Waals surface area contributed by atoms with Gasteiger partial charge in [-0.25, -0.2) is 18.2 Å². The molecule has 1 aliphatic heterocycles. The Labute approximate surface area is 138 Å². The number of carbonyl (C=O) groups is 2. The molecule has 0 saturated heterocycles. The number of rotatable bonds is 3.